The molecule has 1 fully saturated rings. The highest BCUT2D eigenvalue weighted by molar-refractivity contribution is 5.60. The molecule has 1 aromatic carbocycles. The Morgan fingerprint density at radius 2 is 1.89 bits per heavy atom. The highest BCUT2D eigenvalue weighted by Gasteiger charge is 2.23. The quantitative estimate of drug-likeness (QED) is 0.831. The number of aryl methyl sites for hydroxylation is 2. The molecule has 0 spiro atoms. The van der Waals surface area contributed by atoms with Crippen LogP contribution in [0.1, 0.15) is 23.1 Å². The lowest BCUT2D eigenvalue weighted by Crippen LogP contribution is -2.45. The minimum absolute atomic E-state index is 0.349. The standard InChI is InChI=1S/C16H25N3/c1-12-9-13-3-4-14(17)11-15(13)16(10-12)19-7-5-18(2)6-8-19/h9-10,14H,3-8,11,17H2,1-2H3. The van der Waals surface area contributed by atoms with E-state index in [1.165, 1.54) is 22.4 Å². The Kier molecular flexibility index (Phi) is 3.50. The van der Waals surface area contributed by atoms with Crippen LogP contribution in [-0.2, 0) is 12.8 Å². The number of anilines is 1. The number of likely N-dealkylation sites (N-methyl/N-ethyl adjacent to an activating group) is 1. The number of benzene rings is 1. The summed E-state index contributed by atoms with van der Waals surface area (Å²) in [5.41, 5.74) is 12.1. The minimum atomic E-state index is 0.349. The summed E-state index contributed by atoms with van der Waals surface area (Å²) in [5.74, 6) is 0. The summed E-state index contributed by atoms with van der Waals surface area (Å²) in [4.78, 5) is 4.97. The predicted octanol–water partition coefficient (Wildman–Crippen LogP) is 1.56. The maximum atomic E-state index is 6.18. The third-order valence-electron chi connectivity index (χ3n) is 4.56. The molecule has 2 N–H and O–H groups in total. The summed E-state index contributed by atoms with van der Waals surface area (Å²) in [6.45, 7) is 6.82. The highest BCUT2D eigenvalue weighted by atomic mass is 15.2. The van der Waals surface area contributed by atoms with E-state index in [2.05, 4.69) is 35.9 Å². The number of hydrogen-bond donors (Lipinski definition) is 1. The number of hydrogen-bond acceptors (Lipinski definition) is 3. The van der Waals surface area contributed by atoms with Crippen LogP contribution < -0.4 is 10.6 Å². The Morgan fingerprint density at radius 1 is 1.16 bits per heavy atom. The molecular weight excluding hydrogens is 234 g/mol. The van der Waals surface area contributed by atoms with Gasteiger partial charge in [-0.3, -0.25) is 0 Å². The maximum Gasteiger partial charge on any atom is 0.0405 e. The van der Waals surface area contributed by atoms with Crippen molar-refractivity contribution in [2.75, 3.05) is 38.1 Å². The van der Waals surface area contributed by atoms with Gasteiger partial charge >= 0.3 is 0 Å². The van der Waals surface area contributed by atoms with Crippen molar-refractivity contribution in [2.24, 2.45) is 5.73 Å². The first kappa shape index (κ1) is 12.9. The van der Waals surface area contributed by atoms with Gasteiger partial charge in [0, 0.05) is 37.9 Å². The van der Waals surface area contributed by atoms with E-state index in [4.69, 9.17) is 5.73 Å². The van der Waals surface area contributed by atoms with Gasteiger partial charge in [-0.15, -0.1) is 0 Å². The fourth-order valence-corrected chi connectivity index (χ4v) is 3.36. The first-order valence-electron chi connectivity index (χ1n) is 7.45. The van der Waals surface area contributed by atoms with E-state index in [1.807, 2.05) is 0 Å². The third-order valence-corrected chi connectivity index (χ3v) is 4.56. The summed E-state index contributed by atoms with van der Waals surface area (Å²) in [7, 11) is 2.21. The van der Waals surface area contributed by atoms with E-state index in [0.29, 0.717) is 6.04 Å². The van der Waals surface area contributed by atoms with Crippen molar-refractivity contribution in [2.45, 2.75) is 32.2 Å². The fraction of sp³-hybridized carbons (Fsp3) is 0.625. The summed E-state index contributed by atoms with van der Waals surface area (Å²) in [6.07, 6.45) is 3.34. The van der Waals surface area contributed by atoms with Crippen molar-refractivity contribution in [3.8, 4) is 0 Å². The van der Waals surface area contributed by atoms with Crippen molar-refractivity contribution in [3.05, 3.63) is 28.8 Å². The Labute approximate surface area is 116 Å². The Bertz CT molecular complexity index is 461. The first-order chi connectivity index (χ1) is 9.13. The van der Waals surface area contributed by atoms with Crippen LogP contribution in [-0.4, -0.2) is 44.2 Å². The van der Waals surface area contributed by atoms with Gasteiger partial charge < -0.3 is 15.5 Å². The Balaban J connectivity index is 1.94. The van der Waals surface area contributed by atoms with Gasteiger partial charge in [0.15, 0.2) is 0 Å². The molecule has 1 atom stereocenters. The molecule has 1 saturated heterocycles. The molecule has 0 aromatic heterocycles. The second kappa shape index (κ2) is 5.14. The minimum Gasteiger partial charge on any atom is -0.369 e. The number of rotatable bonds is 1. The molecule has 3 heteroatoms. The topological polar surface area (TPSA) is 32.5 Å². The molecule has 19 heavy (non-hydrogen) atoms. The molecule has 0 bridgehead atoms. The first-order valence-corrected chi connectivity index (χ1v) is 7.45. The highest BCUT2D eigenvalue weighted by Crippen LogP contribution is 2.32. The van der Waals surface area contributed by atoms with Gasteiger partial charge in [0.25, 0.3) is 0 Å². The lowest BCUT2D eigenvalue weighted by Gasteiger charge is -2.37. The molecule has 0 amide bonds. The van der Waals surface area contributed by atoms with Gasteiger partial charge in [0.05, 0.1) is 0 Å². The lowest BCUT2D eigenvalue weighted by atomic mass is 9.86. The Hall–Kier alpha value is -1.06. The average molecular weight is 259 g/mol. The molecule has 1 aliphatic heterocycles. The molecule has 1 aromatic rings. The van der Waals surface area contributed by atoms with E-state index < -0.39 is 0 Å². The second-order valence-corrected chi connectivity index (χ2v) is 6.21. The monoisotopic (exact) mass is 259 g/mol. The zero-order valence-electron chi connectivity index (χ0n) is 12.2. The number of piperazine rings is 1. The maximum absolute atomic E-state index is 6.18. The molecule has 3 nitrogen and oxygen atoms in total. The van der Waals surface area contributed by atoms with Crippen LogP contribution in [0, 0.1) is 6.92 Å². The van der Waals surface area contributed by atoms with Crippen LogP contribution in [0.15, 0.2) is 12.1 Å². The lowest BCUT2D eigenvalue weighted by molar-refractivity contribution is 0.312. The van der Waals surface area contributed by atoms with Crippen LogP contribution >= 0.6 is 0 Å². The molecule has 104 valence electrons. The van der Waals surface area contributed by atoms with E-state index in [-0.39, 0.29) is 0 Å². The SMILES string of the molecule is Cc1cc2c(c(N3CCN(C)CC3)c1)CC(N)CC2. The summed E-state index contributed by atoms with van der Waals surface area (Å²) in [6, 6.07) is 5.07. The van der Waals surface area contributed by atoms with Crippen molar-refractivity contribution in [1.29, 1.82) is 0 Å². The molecule has 0 radical (unpaired) electrons. The van der Waals surface area contributed by atoms with Crippen LogP contribution in [0.2, 0.25) is 0 Å². The van der Waals surface area contributed by atoms with E-state index in [9.17, 15) is 0 Å². The van der Waals surface area contributed by atoms with Gasteiger partial charge in [-0.05, 0) is 56.0 Å². The van der Waals surface area contributed by atoms with E-state index >= 15 is 0 Å². The van der Waals surface area contributed by atoms with Gasteiger partial charge in [0.1, 0.15) is 0 Å². The summed E-state index contributed by atoms with van der Waals surface area (Å²) < 4.78 is 0. The van der Waals surface area contributed by atoms with Gasteiger partial charge in [-0.1, -0.05) is 6.07 Å². The van der Waals surface area contributed by atoms with Crippen molar-refractivity contribution < 1.29 is 0 Å². The van der Waals surface area contributed by atoms with Crippen molar-refractivity contribution in [1.82, 2.24) is 4.90 Å². The zero-order chi connectivity index (χ0) is 13.4. The summed E-state index contributed by atoms with van der Waals surface area (Å²) in [5, 5.41) is 0. The van der Waals surface area contributed by atoms with Gasteiger partial charge in [0.2, 0.25) is 0 Å². The largest absolute Gasteiger partial charge is 0.369 e. The molecular formula is C16H25N3. The number of nitrogens with two attached hydrogens (primary N) is 1. The fourth-order valence-electron chi connectivity index (χ4n) is 3.36. The van der Waals surface area contributed by atoms with Crippen LogP contribution in [0.4, 0.5) is 5.69 Å². The average Bonchev–Trinajstić information content (AvgIpc) is 2.39. The smallest absolute Gasteiger partial charge is 0.0405 e. The van der Waals surface area contributed by atoms with Gasteiger partial charge in [-0.2, -0.15) is 0 Å². The van der Waals surface area contributed by atoms with Crippen LogP contribution in [0.5, 0.6) is 0 Å². The molecule has 3 rings (SSSR count). The molecule has 2 aliphatic rings. The Morgan fingerprint density at radius 3 is 2.63 bits per heavy atom. The zero-order valence-corrected chi connectivity index (χ0v) is 12.2. The summed E-state index contributed by atoms with van der Waals surface area (Å²) >= 11 is 0. The number of fused-ring (bicyclic) bond motifs is 1. The van der Waals surface area contributed by atoms with Crippen molar-refractivity contribution >= 4 is 5.69 Å². The molecule has 1 heterocycles. The predicted molar refractivity (Wildman–Crippen MR) is 80.9 cm³/mol. The van der Waals surface area contributed by atoms with E-state index in [1.54, 1.807) is 0 Å². The number of nitrogens with zero attached hydrogens (tertiary/aromatic N) is 2. The normalized spacial score (nSPS) is 24.4. The molecule has 0 saturated carbocycles. The second-order valence-electron chi connectivity index (χ2n) is 6.21. The third kappa shape index (κ3) is 2.63. The van der Waals surface area contributed by atoms with Crippen LogP contribution in [0.3, 0.4) is 0 Å². The molecule has 1 unspecified atom stereocenters. The van der Waals surface area contributed by atoms with Gasteiger partial charge in [-0.25, -0.2) is 0 Å². The van der Waals surface area contributed by atoms with Crippen LogP contribution in [0.25, 0.3) is 0 Å². The molecule has 1 aliphatic carbocycles. The van der Waals surface area contributed by atoms with E-state index in [0.717, 1.165) is 45.4 Å². The van der Waals surface area contributed by atoms with Crippen molar-refractivity contribution in [3.63, 3.8) is 0 Å².